The number of hydrazone groups is 1. The average Bonchev–Trinajstić information content (AvgIpc) is 1.96. The quantitative estimate of drug-likeness (QED) is 0.457. The molecule has 10 heavy (non-hydrogen) atoms. The van der Waals surface area contributed by atoms with Crippen molar-refractivity contribution in [1.29, 1.82) is 0 Å². The largest absolute Gasteiger partial charge is 0.285 e. The number of nitrogens with zero attached hydrogens (tertiary/aromatic N) is 1. The molecule has 0 amide bonds. The Morgan fingerprint density at radius 2 is 2.50 bits per heavy atom. The van der Waals surface area contributed by atoms with E-state index in [0.717, 1.165) is 12.1 Å². The van der Waals surface area contributed by atoms with Gasteiger partial charge in [0.1, 0.15) is 5.00 Å². The molecule has 1 heterocycles. The van der Waals surface area contributed by atoms with Crippen LogP contribution < -0.4 is 5.43 Å². The third kappa shape index (κ3) is 1.51. The number of alkyl halides is 1. The first-order chi connectivity index (χ1) is 4.66. The van der Waals surface area contributed by atoms with Crippen LogP contribution in [0, 0.1) is 0 Å². The van der Waals surface area contributed by atoms with E-state index in [2.05, 4.69) is 10.5 Å². The highest BCUT2D eigenvalue weighted by Gasteiger charge is 2.21. The fourth-order valence-electron chi connectivity index (χ4n) is 0.705. The zero-order valence-electron chi connectivity index (χ0n) is 6.19. The van der Waals surface area contributed by atoms with Crippen molar-refractivity contribution in [3.05, 3.63) is 12.2 Å². The van der Waals surface area contributed by atoms with Crippen LogP contribution in [0.25, 0.3) is 0 Å². The second kappa shape index (κ2) is 2.62. The summed E-state index contributed by atoms with van der Waals surface area (Å²) in [4.78, 5) is -0.445. The molecule has 0 saturated carbocycles. The predicted molar refractivity (Wildman–Crippen MR) is 44.3 cm³/mol. The Balaban J connectivity index is 2.67. The standard InChI is InChI=1S/C7H11ClN2/c1-3-7(8)5-4-6(2)9-10-7/h4-5,10H,3H2,1-2H3. The van der Waals surface area contributed by atoms with Gasteiger partial charge in [0.2, 0.25) is 0 Å². The Kier molecular flexibility index (Phi) is 2.00. The van der Waals surface area contributed by atoms with Gasteiger partial charge >= 0.3 is 0 Å². The highest BCUT2D eigenvalue weighted by atomic mass is 35.5. The molecule has 0 aromatic rings. The Labute approximate surface area is 66.0 Å². The summed E-state index contributed by atoms with van der Waals surface area (Å²) in [6.07, 6.45) is 4.69. The zero-order chi connectivity index (χ0) is 7.61. The summed E-state index contributed by atoms with van der Waals surface area (Å²) in [6.45, 7) is 3.94. The van der Waals surface area contributed by atoms with Crippen molar-refractivity contribution in [2.75, 3.05) is 0 Å². The normalized spacial score (nSPS) is 31.3. The summed E-state index contributed by atoms with van der Waals surface area (Å²) in [5, 5.41) is 4.00. The van der Waals surface area contributed by atoms with E-state index in [9.17, 15) is 0 Å². The molecule has 2 nitrogen and oxygen atoms in total. The van der Waals surface area contributed by atoms with E-state index >= 15 is 0 Å². The minimum atomic E-state index is -0.445. The lowest BCUT2D eigenvalue weighted by molar-refractivity contribution is 0.540. The topological polar surface area (TPSA) is 24.4 Å². The van der Waals surface area contributed by atoms with E-state index in [1.807, 2.05) is 26.0 Å². The van der Waals surface area contributed by atoms with E-state index in [-0.39, 0.29) is 0 Å². The van der Waals surface area contributed by atoms with Crippen molar-refractivity contribution in [3.63, 3.8) is 0 Å². The van der Waals surface area contributed by atoms with Crippen LogP contribution in [-0.2, 0) is 0 Å². The molecular formula is C7H11ClN2. The Hall–Kier alpha value is -0.500. The van der Waals surface area contributed by atoms with Gasteiger partial charge in [-0.25, -0.2) is 0 Å². The maximum atomic E-state index is 6.02. The van der Waals surface area contributed by atoms with Gasteiger partial charge < -0.3 is 0 Å². The van der Waals surface area contributed by atoms with E-state index in [1.54, 1.807) is 0 Å². The molecule has 0 fully saturated rings. The number of hydrogen-bond acceptors (Lipinski definition) is 2. The Morgan fingerprint density at radius 1 is 1.80 bits per heavy atom. The lowest BCUT2D eigenvalue weighted by Crippen LogP contribution is -2.36. The molecule has 0 saturated heterocycles. The molecule has 56 valence electrons. The van der Waals surface area contributed by atoms with Crippen molar-refractivity contribution >= 4 is 17.3 Å². The van der Waals surface area contributed by atoms with E-state index in [0.29, 0.717) is 0 Å². The number of halogens is 1. The number of rotatable bonds is 1. The minimum Gasteiger partial charge on any atom is -0.285 e. The average molecular weight is 159 g/mol. The smallest absolute Gasteiger partial charge is 0.146 e. The molecule has 0 radical (unpaired) electrons. The fraction of sp³-hybridized carbons (Fsp3) is 0.571. The fourth-order valence-corrected chi connectivity index (χ4v) is 0.810. The highest BCUT2D eigenvalue weighted by Crippen LogP contribution is 2.19. The van der Waals surface area contributed by atoms with Crippen LogP contribution in [0.5, 0.6) is 0 Å². The summed E-state index contributed by atoms with van der Waals surface area (Å²) < 4.78 is 0. The van der Waals surface area contributed by atoms with Gasteiger partial charge in [0, 0.05) is 0 Å². The maximum absolute atomic E-state index is 6.02. The van der Waals surface area contributed by atoms with Crippen LogP contribution in [0.1, 0.15) is 20.3 Å². The van der Waals surface area contributed by atoms with Gasteiger partial charge in [-0.1, -0.05) is 18.5 Å². The third-order valence-corrected chi connectivity index (χ3v) is 2.00. The molecule has 1 rings (SSSR count). The first-order valence-electron chi connectivity index (χ1n) is 3.36. The Morgan fingerprint density at radius 3 is 2.90 bits per heavy atom. The van der Waals surface area contributed by atoms with E-state index in [1.165, 1.54) is 0 Å². The van der Waals surface area contributed by atoms with Crippen LogP contribution in [0.3, 0.4) is 0 Å². The molecule has 1 unspecified atom stereocenters. The van der Waals surface area contributed by atoms with Gasteiger partial charge in [0.15, 0.2) is 0 Å². The molecule has 0 aromatic carbocycles. The number of allylic oxidation sites excluding steroid dienone is 1. The molecule has 0 aromatic heterocycles. The predicted octanol–water partition coefficient (Wildman–Crippen LogP) is 1.87. The van der Waals surface area contributed by atoms with Crippen LogP contribution in [0.15, 0.2) is 17.3 Å². The second-order valence-corrected chi connectivity index (χ2v) is 3.09. The van der Waals surface area contributed by atoms with Crippen molar-refractivity contribution in [2.24, 2.45) is 5.10 Å². The third-order valence-electron chi connectivity index (χ3n) is 1.52. The molecule has 1 atom stereocenters. The first-order valence-corrected chi connectivity index (χ1v) is 3.74. The lowest BCUT2D eigenvalue weighted by Gasteiger charge is -2.23. The summed E-state index contributed by atoms with van der Waals surface area (Å²) in [7, 11) is 0. The highest BCUT2D eigenvalue weighted by molar-refractivity contribution is 6.25. The van der Waals surface area contributed by atoms with E-state index < -0.39 is 5.00 Å². The SMILES string of the molecule is CCC1(Cl)C=CC(C)=NN1. The van der Waals surface area contributed by atoms with Crippen LogP contribution in [0.2, 0.25) is 0 Å². The molecule has 0 aliphatic carbocycles. The lowest BCUT2D eigenvalue weighted by atomic mass is 10.2. The monoisotopic (exact) mass is 158 g/mol. The number of nitrogens with one attached hydrogen (secondary N) is 1. The molecular weight excluding hydrogens is 148 g/mol. The summed E-state index contributed by atoms with van der Waals surface area (Å²) in [6, 6.07) is 0. The summed E-state index contributed by atoms with van der Waals surface area (Å²) >= 11 is 6.02. The van der Waals surface area contributed by atoms with Crippen LogP contribution in [0.4, 0.5) is 0 Å². The van der Waals surface area contributed by atoms with Gasteiger partial charge in [-0.15, -0.1) is 0 Å². The summed E-state index contributed by atoms with van der Waals surface area (Å²) in [5.74, 6) is 0. The van der Waals surface area contributed by atoms with Crippen LogP contribution in [-0.4, -0.2) is 10.7 Å². The van der Waals surface area contributed by atoms with Crippen molar-refractivity contribution in [3.8, 4) is 0 Å². The Bertz CT molecular complexity index is 186. The summed E-state index contributed by atoms with van der Waals surface area (Å²) in [5.41, 5.74) is 3.82. The zero-order valence-corrected chi connectivity index (χ0v) is 6.94. The van der Waals surface area contributed by atoms with Gasteiger partial charge in [0.25, 0.3) is 0 Å². The van der Waals surface area contributed by atoms with Gasteiger partial charge in [0.05, 0.1) is 5.71 Å². The van der Waals surface area contributed by atoms with Gasteiger partial charge in [-0.3, -0.25) is 5.43 Å². The molecule has 1 N–H and O–H groups in total. The molecule has 3 heteroatoms. The van der Waals surface area contributed by atoms with Gasteiger partial charge in [-0.05, 0) is 25.5 Å². The molecule has 0 spiro atoms. The maximum Gasteiger partial charge on any atom is 0.146 e. The van der Waals surface area contributed by atoms with Crippen molar-refractivity contribution in [2.45, 2.75) is 25.3 Å². The first kappa shape index (κ1) is 7.61. The second-order valence-electron chi connectivity index (χ2n) is 2.41. The van der Waals surface area contributed by atoms with Gasteiger partial charge in [-0.2, -0.15) is 5.10 Å². The van der Waals surface area contributed by atoms with Crippen molar-refractivity contribution in [1.82, 2.24) is 5.43 Å². The molecule has 0 bridgehead atoms. The number of hydrogen-bond donors (Lipinski definition) is 1. The van der Waals surface area contributed by atoms with Crippen molar-refractivity contribution < 1.29 is 0 Å². The molecule has 1 aliphatic rings. The minimum absolute atomic E-state index is 0.445. The van der Waals surface area contributed by atoms with Crippen LogP contribution >= 0.6 is 11.6 Å². The van der Waals surface area contributed by atoms with E-state index in [4.69, 9.17) is 11.6 Å². The molecule has 1 aliphatic heterocycles.